The van der Waals surface area contributed by atoms with Crippen LogP contribution in [0.15, 0.2) is 122 Å². The number of unbranched alkanes of at least 4 members (excludes halogenated alkanes) is 5. The number of ether oxygens (including phenoxy) is 2. The second kappa shape index (κ2) is 41.6. The number of carbonyl (C=O) groups is 1. The standard InChI is InChI=1S/C50H82NO7P/c1-6-8-10-12-14-16-18-20-21-22-23-24-25-26-27-28-29-30-32-34-36-38-40-42-45-55-47-49(48-57-59(53,54)56-46-44-51(3,4)5)58-50(52)43-41-39-37-35-33-31-19-17-15-13-11-9-7-2/h8-11,14-17,20-21,23-24,26-27,29-31,33,37,39,49H,6-7,12-13,18-19,22,25,28,32,34-36,38,40-48H2,1-5H3/p+1/b10-8-,11-9-,16-14-,17-15-,21-20-,24-23-,27-26-,30-29-,33-31-,39-37-. The Kier molecular flexibility index (Phi) is 39.4. The predicted octanol–water partition coefficient (Wildman–Crippen LogP) is 13.4. The Morgan fingerprint density at radius 1 is 0.525 bits per heavy atom. The maximum atomic E-state index is 12.6. The van der Waals surface area contributed by atoms with E-state index >= 15 is 0 Å². The van der Waals surface area contributed by atoms with Crippen molar-refractivity contribution < 1.29 is 37.3 Å². The first-order chi connectivity index (χ1) is 28.6. The lowest BCUT2D eigenvalue weighted by molar-refractivity contribution is -0.870. The highest BCUT2D eigenvalue weighted by molar-refractivity contribution is 7.47. The van der Waals surface area contributed by atoms with E-state index in [1.807, 2.05) is 33.3 Å². The Hall–Kier alpha value is -3.10. The van der Waals surface area contributed by atoms with Crippen molar-refractivity contribution in [2.75, 3.05) is 54.1 Å². The zero-order valence-electron chi connectivity index (χ0n) is 37.7. The number of allylic oxidation sites excluding steroid dienone is 20. The van der Waals surface area contributed by atoms with Crippen LogP contribution >= 0.6 is 7.82 Å². The van der Waals surface area contributed by atoms with Crippen LogP contribution in [0.5, 0.6) is 0 Å². The fourth-order valence-electron chi connectivity index (χ4n) is 5.16. The van der Waals surface area contributed by atoms with Gasteiger partial charge in [-0.05, 0) is 89.9 Å². The van der Waals surface area contributed by atoms with Crippen molar-refractivity contribution in [3.8, 4) is 0 Å². The fourth-order valence-corrected chi connectivity index (χ4v) is 5.90. The Morgan fingerprint density at radius 3 is 1.39 bits per heavy atom. The van der Waals surface area contributed by atoms with E-state index < -0.39 is 19.9 Å². The number of hydrogen-bond donors (Lipinski definition) is 1. The molecule has 0 heterocycles. The van der Waals surface area contributed by atoms with Crippen LogP contribution in [0.1, 0.15) is 129 Å². The molecule has 0 saturated carbocycles. The zero-order chi connectivity index (χ0) is 43.4. The van der Waals surface area contributed by atoms with E-state index in [1.54, 1.807) is 0 Å². The molecule has 1 N–H and O–H groups in total. The highest BCUT2D eigenvalue weighted by atomic mass is 31.2. The third kappa shape index (κ3) is 45.8. The lowest BCUT2D eigenvalue weighted by atomic mass is 10.1. The van der Waals surface area contributed by atoms with E-state index in [-0.39, 0.29) is 26.2 Å². The molecule has 0 bridgehead atoms. The first-order valence-corrected chi connectivity index (χ1v) is 23.8. The van der Waals surface area contributed by atoms with Gasteiger partial charge in [0.2, 0.25) is 0 Å². The van der Waals surface area contributed by atoms with Crippen LogP contribution in [0.3, 0.4) is 0 Å². The summed E-state index contributed by atoms with van der Waals surface area (Å²) in [6.07, 6.45) is 59.8. The molecule has 0 aromatic heterocycles. The van der Waals surface area contributed by atoms with Crippen molar-refractivity contribution in [1.82, 2.24) is 0 Å². The molecule has 0 spiro atoms. The molecule has 0 saturated heterocycles. The molecule has 0 aromatic rings. The highest BCUT2D eigenvalue weighted by Gasteiger charge is 2.26. The first-order valence-electron chi connectivity index (χ1n) is 22.3. The quantitative estimate of drug-likeness (QED) is 0.0217. The molecule has 2 atom stereocenters. The molecule has 9 heteroatoms. The minimum absolute atomic E-state index is 0.0640. The first kappa shape index (κ1) is 55.9. The maximum absolute atomic E-state index is 12.6. The summed E-state index contributed by atoms with van der Waals surface area (Å²) in [6, 6.07) is 0. The number of carbonyl (C=O) groups excluding carboxylic acids is 1. The molecule has 59 heavy (non-hydrogen) atoms. The summed E-state index contributed by atoms with van der Waals surface area (Å²) in [5.41, 5.74) is 0. The van der Waals surface area contributed by atoms with Gasteiger partial charge in [0.15, 0.2) is 0 Å². The van der Waals surface area contributed by atoms with Crippen LogP contribution in [0.4, 0.5) is 0 Å². The molecule has 0 aliphatic carbocycles. The highest BCUT2D eigenvalue weighted by Crippen LogP contribution is 2.43. The van der Waals surface area contributed by atoms with Gasteiger partial charge in [-0.25, -0.2) is 4.57 Å². The Bertz CT molecular complexity index is 1350. The largest absolute Gasteiger partial charge is 0.472 e. The summed E-state index contributed by atoms with van der Waals surface area (Å²) in [5.74, 6) is -0.407. The lowest BCUT2D eigenvalue weighted by Gasteiger charge is -2.24. The van der Waals surface area contributed by atoms with Gasteiger partial charge >= 0.3 is 13.8 Å². The second-order valence-corrected chi connectivity index (χ2v) is 16.8. The third-order valence-electron chi connectivity index (χ3n) is 8.53. The van der Waals surface area contributed by atoms with Crippen molar-refractivity contribution in [3.63, 3.8) is 0 Å². The van der Waals surface area contributed by atoms with Crippen molar-refractivity contribution in [3.05, 3.63) is 122 Å². The van der Waals surface area contributed by atoms with Gasteiger partial charge in [0.1, 0.15) is 19.3 Å². The lowest BCUT2D eigenvalue weighted by Crippen LogP contribution is -2.37. The summed E-state index contributed by atoms with van der Waals surface area (Å²) >= 11 is 0. The van der Waals surface area contributed by atoms with Gasteiger partial charge in [0, 0.05) is 13.0 Å². The number of quaternary nitrogens is 1. The fraction of sp³-hybridized carbons (Fsp3) is 0.580. The molecule has 0 aromatic carbocycles. The van der Waals surface area contributed by atoms with Gasteiger partial charge in [0.25, 0.3) is 0 Å². The number of phosphoric acid groups is 1. The predicted molar refractivity (Wildman–Crippen MR) is 251 cm³/mol. The average Bonchev–Trinajstić information content (AvgIpc) is 3.19. The minimum atomic E-state index is -4.31. The van der Waals surface area contributed by atoms with Crippen molar-refractivity contribution in [2.45, 2.75) is 136 Å². The van der Waals surface area contributed by atoms with Crippen LogP contribution < -0.4 is 0 Å². The average molecular weight is 841 g/mol. The second-order valence-electron chi connectivity index (χ2n) is 15.3. The van der Waals surface area contributed by atoms with Crippen LogP contribution in [0.25, 0.3) is 0 Å². The number of nitrogens with zero attached hydrogens (tertiary/aromatic N) is 1. The molecular weight excluding hydrogens is 758 g/mol. The van der Waals surface area contributed by atoms with E-state index in [4.69, 9.17) is 18.5 Å². The van der Waals surface area contributed by atoms with E-state index in [1.165, 1.54) is 6.42 Å². The van der Waals surface area contributed by atoms with Crippen molar-refractivity contribution in [2.24, 2.45) is 0 Å². The smallest absolute Gasteiger partial charge is 0.457 e. The van der Waals surface area contributed by atoms with Crippen LogP contribution in [0, 0.1) is 0 Å². The topological polar surface area (TPSA) is 91.3 Å². The Labute approximate surface area is 361 Å². The number of rotatable bonds is 39. The summed E-state index contributed by atoms with van der Waals surface area (Å²) in [6.45, 7) is 5.19. The van der Waals surface area contributed by atoms with Gasteiger partial charge in [-0.1, -0.05) is 155 Å². The summed E-state index contributed by atoms with van der Waals surface area (Å²) in [5, 5.41) is 0. The van der Waals surface area contributed by atoms with E-state index in [9.17, 15) is 14.3 Å². The Balaban J connectivity index is 4.33. The van der Waals surface area contributed by atoms with Gasteiger partial charge < -0.3 is 18.9 Å². The van der Waals surface area contributed by atoms with Gasteiger partial charge in [-0.3, -0.25) is 13.8 Å². The Morgan fingerprint density at radius 2 is 0.932 bits per heavy atom. The third-order valence-corrected chi connectivity index (χ3v) is 9.52. The van der Waals surface area contributed by atoms with Crippen molar-refractivity contribution >= 4 is 13.8 Å². The van der Waals surface area contributed by atoms with Gasteiger partial charge in [-0.2, -0.15) is 0 Å². The summed E-state index contributed by atoms with van der Waals surface area (Å²) in [4.78, 5) is 22.8. The number of hydrogen-bond acceptors (Lipinski definition) is 6. The summed E-state index contributed by atoms with van der Waals surface area (Å²) < 4.78 is 34.9. The van der Waals surface area contributed by atoms with E-state index in [0.717, 1.165) is 96.3 Å². The summed E-state index contributed by atoms with van der Waals surface area (Å²) in [7, 11) is 1.59. The zero-order valence-corrected chi connectivity index (χ0v) is 38.6. The van der Waals surface area contributed by atoms with Crippen LogP contribution in [-0.4, -0.2) is 75.6 Å². The van der Waals surface area contributed by atoms with Crippen LogP contribution in [-0.2, 0) is 27.9 Å². The molecule has 0 fully saturated rings. The molecule has 0 amide bonds. The minimum Gasteiger partial charge on any atom is -0.457 e. The van der Waals surface area contributed by atoms with Gasteiger partial charge in [-0.15, -0.1) is 0 Å². The molecular formula is C50H83NO7P+. The maximum Gasteiger partial charge on any atom is 0.472 e. The molecule has 0 aliphatic heterocycles. The monoisotopic (exact) mass is 841 g/mol. The molecule has 0 aliphatic rings. The molecule has 2 unspecified atom stereocenters. The number of esters is 1. The molecule has 0 radical (unpaired) electrons. The number of phosphoric ester groups is 1. The number of likely N-dealkylation sites (N-methyl/N-ethyl adjacent to an activating group) is 1. The molecule has 8 nitrogen and oxygen atoms in total. The normalized spacial score (nSPS) is 14.9. The van der Waals surface area contributed by atoms with Crippen molar-refractivity contribution in [1.29, 1.82) is 0 Å². The van der Waals surface area contributed by atoms with E-state index in [2.05, 4.69) is 123 Å². The molecule has 0 rings (SSSR count). The molecule has 334 valence electrons. The SMILES string of the molecule is CC/C=C\C/C=C\C/C=C\C/C=C\C/C=C\C/C=C\CCCCCCCOCC(COP(=O)(O)OCC[N+](C)(C)C)OC(=O)CC/C=C\C/C=C\C/C=C\C/C=C\CC. The van der Waals surface area contributed by atoms with Crippen LogP contribution in [0.2, 0.25) is 0 Å². The van der Waals surface area contributed by atoms with Gasteiger partial charge in [0.05, 0.1) is 34.4 Å². The van der Waals surface area contributed by atoms with E-state index in [0.29, 0.717) is 24.1 Å².